The normalized spacial score (nSPS) is 18.7. The van der Waals surface area contributed by atoms with Crippen LogP contribution in [0.15, 0.2) is 18.2 Å². The van der Waals surface area contributed by atoms with E-state index in [4.69, 9.17) is 16.3 Å². The first kappa shape index (κ1) is 13.8. The second-order valence-corrected chi connectivity index (χ2v) is 5.15. The highest BCUT2D eigenvalue weighted by molar-refractivity contribution is 6.31. The minimum Gasteiger partial charge on any atom is -0.379 e. The van der Waals surface area contributed by atoms with Gasteiger partial charge in [0, 0.05) is 12.1 Å². The molecule has 1 aromatic carbocycles. The molecule has 0 amide bonds. The number of hydrogen-bond donors (Lipinski definition) is 1. The Labute approximate surface area is 112 Å². The van der Waals surface area contributed by atoms with Crippen molar-refractivity contribution in [2.24, 2.45) is 5.92 Å². The fourth-order valence-electron chi connectivity index (χ4n) is 2.40. The first-order chi connectivity index (χ1) is 8.67. The Morgan fingerprint density at radius 1 is 1.50 bits per heavy atom. The summed E-state index contributed by atoms with van der Waals surface area (Å²) in [6, 6.07) is 4.45. The zero-order valence-electron chi connectivity index (χ0n) is 10.7. The maximum atomic E-state index is 13.4. The number of rotatable bonds is 6. The van der Waals surface area contributed by atoms with Crippen molar-refractivity contribution in [3.8, 4) is 0 Å². The molecule has 0 spiro atoms. The lowest BCUT2D eigenvalue weighted by Crippen LogP contribution is -2.35. The predicted octanol–water partition coefficient (Wildman–Crippen LogP) is 3.55. The highest BCUT2D eigenvalue weighted by atomic mass is 35.5. The van der Waals surface area contributed by atoms with Gasteiger partial charge in [0.25, 0.3) is 0 Å². The summed E-state index contributed by atoms with van der Waals surface area (Å²) in [5.41, 5.74) is 0.789. The Bertz CT molecular complexity index is 409. The van der Waals surface area contributed by atoms with Crippen LogP contribution in [0.5, 0.6) is 0 Å². The molecule has 2 nitrogen and oxygen atoms in total. The summed E-state index contributed by atoms with van der Waals surface area (Å²) in [5, 5.41) is 3.95. The maximum Gasteiger partial charge on any atom is 0.123 e. The summed E-state index contributed by atoms with van der Waals surface area (Å²) in [6.07, 6.45) is 2.41. The van der Waals surface area contributed by atoms with E-state index in [1.165, 1.54) is 25.0 Å². The third-order valence-electron chi connectivity index (χ3n) is 3.40. The van der Waals surface area contributed by atoms with Gasteiger partial charge in [0.05, 0.1) is 12.1 Å². The molecule has 18 heavy (non-hydrogen) atoms. The highest BCUT2D eigenvalue weighted by Crippen LogP contribution is 2.41. The largest absolute Gasteiger partial charge is 0.379 e. The van der Waals surface area contributed by atoms with Crippen molar-refractivity contribution >= 4 is 11.6 Å². The van der Waals surface area contributed by atoms with Crippen LogP contribution in [0.2, 0.25) is 5.02 Å². The molecule has 100 valence electrons. The van der Waals surface area contributed by atoms with Crippen LogP contribution in [-0.2, 0) is 4.74 Å². The summed E-state index contributed by atoms with van der Waals surface area (Å²) in [4.78, 5) is 0. The number of hydrogen-bond acceptors (Lipinski definition) is 2. The number of halogens is 2. The molecular formula is C14H19ClFNO. The quantitative estimate of drug-likeness (QED) is 0.854. The lowest BCUT2D eigenvalue weighted by molar-refractivity contribution is 0.0511. The number of ether oxygens (including phenoxy) is 1. The van der Waals surface area contributed by atoms with Crippen molar-refractivity contribution in [3.63, 3.8) is 0 Å². The first-order valence-corrected chi connectivity index (χ1v) is 6.76. The second kappa shape index (κ2) is 6.00. The van der Waals surface area contributed by atoms with E-state index in [2.05, 4.69) is 5.32 Å². The van der Waals surface area contributed by atoms with Gasteiger partial charge >= 0.3 is 0 Å². The molecule has 0 aromatic heterocycles. The number of nitrogens with one attached hydrogen (secondary N) is 1. The zero-order valence-corrected chi connectivity index (χ0v) is 11.5. The van der Waals surface area contributed by atoms with Gasteiger partial charge in [0.2, 0.25) is 0 Å². The average molecular weight is 272 g/mol. The third-order valence-corrected chi connectivity index (χ3v) is 3.75. The van der Waals surface area contributed by atoms with Crippen LogP contribution in [0.1, 0.15) is 31.4 Å². The van der Waals surface area contributed by atoms with Crippen LogP contribution in [0.4, 0.5) is 4.39 Å². The van der Waals surface area contributed by atoms with E-state index in [9.17, 15) is 4.39 Å². The molecule has 1 fully saturated rings. The van der Waals surface area contributed by atoms with Crippen molar-refractivity contribution in [2.45, 2.75) is 31.9 Å². The van der Waals surface area contributed by atoms with Crippen molar-refractivity contribution in [3.05, 3.63) is 34.6 Å². The van der Waals surface area contributed by atoms with Crippen molar-refractivity contribution in [2.75, 3.05) is 13.7 Å². The molecule has 1 saturated carbocycles. The van der Waals surface area contributed by atoms with Gasteiger partial charge in [-0.05, 0) is 49.1 Å². The average Bonchev–Trinajstić information content (AvgIpc) is 3.17. The summed E-state index contributed by atoms with van der Waals surface area (Å²) >= 11 is 6.19. The minimum atomic E-state index is -0.261. The van der Waals surface area contributed by atoms with Gasteiger partial charge in [-0.15, -0.1) is 0 Å². The molecule has 2 atom stereocenters. The number of methoxy groups -OCH3 is 1. The van der Waals surface area contributed by atoms with Crippen molar-refractivity contribution < 1.29 is 9.13 Å². The molecule has 0 radical (unpaired) electrons. The van der Waals surface area contributed by atoms with Crippen LogP contribution < -0.4 is 5.32 Å². The second-order valence-electron chi connectivity index (χ2n) is 4.74. The Hall–Kier alpha value is -0.640. The predicted molar refractivity (Wildman–Crippen MR) is 71.3 cm³/mol. The van der Waals surface area contributed by atoms with E-state index in [0.29, 0.717) is 10.9 Å². The summed E-state index contributed by atoms with van der Waals surface area (Å²) in [6.45, 7) is 2.82. The smallest absolute Gasteiger partial charge is 0.123 e. The Morgan fingerprint density at radius 3 is 2.78 bits per heavy atom. The molecular weight excluding hydrogens is 253 g/mol. The van der Waals surface area contributed by atoms with Gasteiger partial charge < -0.3 is 10.1 Å². The van der Waals surface area contributed by atoms with E-state index in [-0.39, 0.29) is 18.0 Å². The van der Waals surface area contributed by atoms with E-state index in [0.717, 1.165) is 12.1 Å². The van der Waals surface area contributed by atoms with E-state index in [1.54, 1.807) is 13.2 Å². The third kappa shape index (κ3) is 3.02. The fourth-order valence-corrected chi connectivity index (χ4v) is 2.64. The van der Waals surface area contributed by atoms with Crippen LogP contribution in [0, 0.1) is 11.7 Å². The standard InChI is InChI=1S/C14H19ClFNO/c1-3-17-13(14(18-2)9-4-5-9)11-8-10(16)6-7-12(11)15/h6-9,13-14,17H,3-5H2,1-2H3. The molecule has 1 aliphatic carbocycles. The van der Waals surface area contributed by atoms with Gasteiger partial charge in [-0.3, -0.25) is 0 Å². The molecule has 1 aliphatic rings. The molecule has 2 rings (SSSR count). The molecule has 1 N–H and O–H groups in total. The van der Waals surface area contributed by atoms with Crippen molar-refractivity contribution in [1.82, 2.24) is 5.32 Å². The highest BCUT2D eigenvalue weighted by Gasteiger charge is 2.37. The van der Waals surface area contributed by atoms with Gasteiger partial charge in [-0.1, -0.05) is 18.5 Å². The van der Waals surface area contributed by atoms with E-state index < -0.39 is 0 Å². The molecule has 0 heterocycles. The Balaban J connectivity index is 2.30. The molecule has 0 saturated heterocycles. The molecule has 0 bridgehead atoms. The van der Waals surface area contributed by atoms with Crippen LogP contribution in [-0.4, -0.2) is 19.8 Å². The first-order valence-electron chi connectivity index (χ1n) is 6.38. The molecule has 1 aromatic rings. The summed E-state index contributed by atoms with van der Waals surface area (Å²) < 4.78 is 19.0. The fraction of sp³-hybridized carbons (Fsp3) is 0.571. The molecule has 0 aliphatic heterocycles. The van der Waals surface area contributed by atoms with Crippen LogP contribution in [0.25, 0.3) is 0 Å². The van der Waals surface area contributed by atoms with E-state index >= 15 is 0 Å². The minimum absolute atomic E-state index is 0.0456. The Kier molecular flexibility index (Phi) is 4.60. The lowest BCUT2D eigenvalue weighted by atomic mass is 9.97. The Morgan fingerprint density at radius 2 is 2.22 bits per heavy atom. The number of likely N-dealkylation sites (N-methyl/N-ethyl adjacent to an activating group) is 1. The maximum absolute atomic E-state index is 13.4. The van der Waals surface area contributed by atoms with Gasteiger partial charge in [-0.2, -0.15) is 0 Å². The SMILES string of the molecule is CCNC(c1cc(F)ccc1Cl)C(OC)C1CC1. The van der Waals surface area contributed by atoms with Crippen molar-refractivity contribution in [1.29, 1.82) is 0 Å². The molecule has 2 unspecified atom stereocenters. The summed E-state index contributed by atoms with van der Waals surface area (Å²) in [5.74, 6) is 0.293. The van der Waals surface area contributed by atoms with Gasteiger partial charge in [-0.25, -0.2) is 4.39 Å². The monoisotopic (exact) mass is 271 g/mol. The zero-order chi connectivity index (χ0) is 13.1. The van der Waals surface area contributed by atoms with Gasteiger partial charge in [0.1, 0.15) is 5.82 Å². The number of benzene rings is 1. The van der Waals surface area contributed by atoms with E-state index in [1.807, 2.05) is 6.92 Å². The van der Waals surface area contributed by atoms with Gasteiger partial charge in [0.15, 0.2) is 0 Å². The lowest BCUT2D eigenvalue weighted by Gasteiger charge is -2.28. The topological polar surface area (TPSA) is 21.3 Å². The van der Waals surface area contributed by atoms with Crippen LogP contribution >= 0.6 is 11.6 Å². The van der Waals surface area contributed by atoms with Crippen LogP contribution in [0.3, 0.4) is 0 Å². The summed E-state index contributed by atoms with van der Waals surface area (Å²) in [7, 11) is 1.71. The molecule has 4 heteroatoms.